The van der Waals surface area contributed by atoms with Crippen LogP contribution in [0.4, 0.5) is 19.4 Å². The predicted octanol–water partition coefficient (Wildman–Crippen LogP) is 3.21. The molecule has 2 aromatic heterocycles. The summed E-state index contributed by atoms with van der Waals surface area (Å²) >= 11 is 0. The lowest BCUT2D eigenvalue weighted by atomic mass is 10.0. The summed E-state index contributed by atoms with van der Waals surface area (Å²) in [4.78, 5) is 18.6. The van der Waals surface area contributed by atoms with E-state index in [1.165, 1.54) is 16.8 Å². The number of aromatic nitrogens is 3. The van der Waals surface area contributed by atoms with Gasteiger partial charge >= 0.3 is 6.09 Å². The van der Waals surface area contributed by atoms with E-state index < -0.39 is 23.8 Å². The zero-order valence-corrected chi connectivity index (χ0v) is 17.0. The highest BCUT2D eigenvalue weighted by molar-refractivity contribution is 5.73. The molecule has 8 nitrogen and oxygen atoms in total. The number of carbonyl (C=O) groups is 1. The number of ether oxygens (including phenoxy) is 1. The van der Waals surface area contributed by atoms with Gasteiger partial charge in [-0.25, -0.2) is 23.1 Å². The average Bonchev–Trinajstić information content (AvgIpc) is 3.41. The molecule has 3 aromatic rings. The number of hydrogen-bond acceptors (Lipinski definition) is 6. The Morgan fingerprint density at radius 1 is 1.39 bits per heavy atom. The fourth-order valence-electron chi connectivity index (χ4n) is 3.78. The molecule has 0 spiro atoms. The zero-order valence-electron chi connectivity index (χ0n) is 17.0. The molecule has 0 radical (unpaired) electrons. The van der Waals surface area contributed by atoms with Crippen molar-refractivity contribution in [3.05, 3.63) is 53.9 Å². The van der Waals surface area contributed by atoms with Crippen molar-refractivity contribution in [2.75, 3.05) is 18.1 Å². The third-order valence-electron chi connectivity index (χ3n) is 5.42. The van der Waals surface area contributed by atoms with Gasteiger partial charge in [-0.2, -0.15) is 5.10 Å². The number of aliphatic hydroxyl groups is 1. The molecular weight excluding hydrogens is 408 g/mol. The number of nitrogens with one attached hydrogen (secondary N) is 1. The number of carbonyl (C=O) groups excluding carboxylic acids is 1. The predicted molar refractivity (Wildman–Crippen MR) is 109 cm³/mol. The van der Waals surface area contributed by atoms with Gasteiger partial charge in [0.1, 0.15) is 17.5 Å². The van der Waals surface area contributed by atoms with Crippen LogP contribution >= 0.6 is 0 Å². The molecule has 1 aliphatic heterocycles. The number of amides is 1. The standard InChI is InChI=1S/C21H23F2N5O3/c1-2-14(12-29)25-21(30)31-18-11-24-28-9-7-19(26-20(18)28)27-8-3-4-17(27)15-10-13(22)5-6-16(15)23/h5-7,9-11,14,17,29H,2-4,8,12H2,1H3,(H,25,30)/t14-,17+/m0/s1. The average molecular weight is 431 g/mol. The largest absolute Gasteiger partial charge is 0.413 e. The van der Waals surface area contributed by atoms with Crippen molar-refractivity contribution in [3.63, 3.8) is 0 Å². The van der Waals surface area contributed by atoms with Gasteiger partial charge in [-0.15, -0.1) is 0 Å². The summed E-state index contributed by atoms with van der Waals surface area (Å²) in [6.45, 7) is 2.26. The van der Waals surface area contributed by atoms with Crippen LogP contribution in [0.5, 0.6) is 5.75 Å². The second kappa shape index (κ2) is 8.84. The summed E-state index contributed by atoms with van der Waals surface area (Å²) in [6, 6.07) is 4.43. The molecule has 1 saturated heterocycles. The molecule has 31 heavy (non-hydrogen) atoms. The van der Waals surface area contributed by atoms with Crippen LogP contribution in [-0.4, -0.2) is 45.0 Å². The highest BCUT2D eigenvalue weighted by Gasteiger charge is 2.30. The topological polar surface area (TPSA) is 92.0 Å². The van der Waals surface area contributed by atoms with Gasteiger partial charge in [0.25, 0.3) is 0 Å². The van der Waals surface area contributed by atoms with Gasteiger partial charge in [0.05, 0.1) is 24.9 Å². The SMILES string of the molecule is CC[C@@H](CO)NC(=O)Oc1cnn2ccc(N3CCC[C@@H]3c3cc(F)ccc3F)nc12. The first-order valence-corrected chi connectivity index (χ1v) is 10.1. The summed E-state index contributed by atoms with van der Waals surface area (Å²) in [5.41, 5.74) is 0.605. The normalized spacial score (nSPS) is 17.2. The van der Waals surface area contributed by atoms with E-state index in [9.17, 15) is 18.7 Å². The van der Waals surface area contributed by atoms with Gasteiger partial charge in [-0.3, -0.25) is 0 Å². The molecule has 1 aromatic carbocycles. The number of anilines is 1. The van der Waals surface area contributed by atoms with Crippen LogP contribution in [-0.2, 0) is 0 Å². The second-order valence-corrected chi connectivity index (χ2v) is 7.40. The van der Waals surface area contributed by atoms with Crippen molar-refractivity contribution in [2.24, 2.45) is 0 Å². The van der Waals surface area contributed by atoms with E-state index in [1.807, 2.05) is 11.8 Å². The molecule has 1 aliphatic rings. The molecule has 2 atom stereocenters. The maximum atomic E-state index is 14.4. The van der Waals surface area contributed by atoms with E-state index in [0.717, 1.165) is 18.6 Å². The van der Waals surface area contributed by atoms with E-state index >= 15 is 0 Å². The lowest BCUT2D eigenvalue weighted by Gasteiger charge is -2.26. The molecule has 0 unspecified atom stereocenters. The Hall–Kier alpha value is -3.27. The Morgan fingerprint density at radius 3 is 3.00 bits per heavy atom. The van der Waals surface area contributed by atoms with E-state index in [0.29, 0.717) is 30.9 Å². The smallest absolute Gasteiger partial charge is 0.405 e. The maximum absolute atomic E-state index is 14.4. The first-order chi connectivity index (χ1) is 15.0. The second-order valence-electron chi connectivity index (χ2n) is 7.40. The molecule has 1 fully saturated rings. The molecule has 0 bridgehead atoms. The van der Waals surface area contributed by atoms with Gasteiger partial charge in [-0.05, 0) is 43.5 Å². The molecular formula is C21H23F2N5O3. The number of fused-ring (bicyclic) bond motifs is 1. The Morgan fingerprint density at radius 2 is 2.23 bits per heavy atom. The summed E-state index contributed by atoms with van der Waals surface area (Å²) in [5, 5.41) is 15.9. The van der Waals surface area contributed by atoms with Gasteiger partial charge in [0.15, 0.2) is 5.75 Å². The number of hydrogen-bond donors (Lipinski definition) is 2. The highest BCUT2D eigenvalue weighted by atomic mass is 19.1. The Bertz CT molecular complexity index is 1090. The third kappa shape index (κ3) is 4.29. The number of aliphatic hydroxyl groups excluding tert-OH is 1. The summed E-state index contributed by atoms with van der Waals surface area (Å²) in [5.74, 6) is -0.248. The van der Waals surface area contributed by atoms with Gasteiger partial charge in [-0.1, -0.05) is 6.92 Å². The minimum Gasteiger partial charge on any atom is -0.405 e. The van der Waals surface area contributed by atoms with E-state index in [1.54, 1.807) is 12.3 Å². The first-order valence-electron chi connectivity index (χ1n) is 10.1. The Labute approximate surface area is 177 Å². The van der Waals surface area contributed by atoms with E-state index in [-0.39, 0.29) is 24.0 Å². The quantitative estimate of drug-likeness (QED) is 0.623. The molecule has 2 N–H and O–H groups in total. The minimum atomic E-state index is -0.719. The fraction of sp³-hybridized carbons (Fsp3) is 0.381. The highest BCUT2D eigenvalue weighted by Crippen LogP contribution is 2.37. The maximum Gasteiger partial charge on any atom is 0.413 e. The number of nitrogens with zero attached hydrogens (tertiary/aromatic N) is 4. The van der Waals surface area contributed by atoms with Crippen LogP contribution in [0.15, 0.2) is 36.7 Å². The monoisotopic (exact) mass is 431 g/mol. The Balaban J connectivity index is 1.61. The Kier molecular flexibility index (Phi) is 5.99. The lowest BCUT2D eigenvalue weighted by molar-refractivity contribution is 0.182. The van der Waals surface area contributed by atoms with Crippen molar-refractivity contribution >= 4 is 17.6 Å². The molecule has 3 heterocycles. The molecule has 10 heteroatoms. The number of halogens is 2. The summed E-state index contributed by atoms with van der Waals surface area (Å²) in [6.07, 6.45) is 4.34. The van der Waals surface area contributed by atoms with Crippen molar-refractivity contribution < 1.29 is 23.4 Å². The first kappa shape index (κ1) is 21.0. The van der Waals surface area contributed by atoms with Crippen molar-refractivity contribution in [1.29, 1.82) is 0 Å². The van der Waals surface area contributed by atoms with E-state index in [2.05, 4.69) is 15.4 Å². The lowest BCUT2D eigenvalue weighted by Crippen LogP contribution is -2.38. The summed E-state index contributed by atoms with van der Waals surface area (Å²) < 4.78 is 34.9. The van der Waals surface area contributed by atoms with Crippen molar-refractivity contribution in [1.82, 2.24) is 19.9 Å². The molecule has 0 saturated carbocycles. The molecule has 1 amide bonds. The number of rotatable bonds is 6. The minimum absolute atomic E-state index is 0.153. The summed E-state index contributed by atoms with van der Waals surface area (Å²) in [7, 11) is 0. The molecule has 164 valence electrons. The molecule has 4 rings (SSSR count). The van der Waals surface area contributed by atoms with Crippen LogP contribution in [0, 0.1) is 11.6 Å². The van der Waals surface area contributed by atoms with Crippen LogP contribution < -0.4 is 15.0 Å². The van der Waals surface area contributed by atoms with Gasteiger partial charge in [0.2, 0.25) is 5.65 Å². The molecule has 0 aliphatic carbocycles. The van der Waals surface area contributed by atoms with Gasteiger partial charge in [0, 0.05) is 18.3 Å². The van der Waals surface area contributed by atoms with Crippen LogP contribution in [0.2, 0.25) is 0 Å². The van der Waals surface area contributed by atoms with Crippen LogP contribution in [0.25, 0.3) is 5.65 Å². The van der Waals surface area contributed by atoms with Crippen LogP contribution in [0.3, 0.4) is 0 Å². The van der Waals surface area contributed by atoms with Crippen molar-refractivity contribution in [2.45, 2.75) is 38.3 Å². The zero-order chi connectivity index (χ0) is 22.0. The number of benzene rings is 1. The van der Waals surface area contributed by atoms with E-state index in [4.69, 9.17) is 4.74 Å². The van der Waals surface area contributed by atoms with Gasteiger partial charge < -0.3 is 20.1 Å². The third-order valence-corrected chi connectivity index (χ3v) is 5.42. The van der Waals surface area contributed by atoms with Crippen LogP contribution in [0.1, 0.15) is 37.8 Å². The fourth-order valence-corrected chi connectivity index (χ4v) is 3.78. The van der Waals surface area contributed by atoms with Crippen molar-refractivity contribution in [3.8, 4) is 5.75 Å².